The first-order chi connectivity index (χ1) is 9.56. The molecular weight excluding hydrogens is 264 g/mol. The summed E-state index contributed by atoms with van der Waals surface area (Å²) in [6, 6.07) is 5.76. The zero-order valence-electron chi connectivity index (χ0n) is 10.2. The molecule has 2 N–H and O–H groups in total. The van der Waals surface area contributed by atoms with Gasteiger partial charge in [-0.25, -0.2) is 14.1 Å². The van der Waals surface area contributed by atoms with E-state index < -0.39 is 12.0 Å². The number of aromatic nitrogens is 2. The van der Waals surface area contributed by atoms with Crippen molar-refractivity contribution in [2.75, 3.05) is 11.4 Å². The molecule has 2 aromatic rings. The van der Waals surface area contributed by atoms with Gasteiger partial charge in [-0.2, -0.15) is 0 Å². The van der Waals surface area contributed by atoms with Gasteiger partial charge in [0.15, 0.2) is 11.5 Å². The second-order valence-electron chi connectivity index (χ2n) is 4.31. The predicted octanol–water partition coefficient (Wildman–Crippen LogP) is 0.479. The Kier molecular flexibility index (Phi) is 2.63. The topological polar surface area (TPSA) is 104 Å². The fraction of sp³-hybridized carbons (Fsp3) is 0.167. The molecule has 0 bridgehead atoms. The summed E-state index contributed by atoms with van der Waals surface area (Å²) in [6.07, 6.45) is 0.186. The highest BCUT2D eigenvalue weighted by Gasteiger charge is 2.26. The zero-order chi connectivity index (χ0) is 14.3. The molecule has 0 spiro atoms. The monoisotopic (exact) mass is 274 g/mol. The molecule has 0 radical (unpaired) electrons. The minimum absolute atomic E-state index is 0.00208. The van der Waals surface area contributed by atoms with Crippen LogP contribution in [-0.4, -0.2) is 39.2 Å². The molecule has 20 heavy (non-hydrogen) atoms. The van der Waals surface area contributed by atoms with Crippen molar-refractivity contribution in [2.45, 2.75) is 6.42 Å². The van der Waals surface area contributed by atoms with E-state index in [0.29, 0.717) is 11.3 Å². The molecule has 8 heteroatoms. The van der Waals surface area contributed by atoms with Gasteiger partial charge in [-0.1, -0.05) is 6.07 Å². The minimum Gasteiger partial charge on any atom is -0.477 e. The zero-order valence-corrected chi connectivity index (χ0v) is 10.2. The smallest absolute Gasteiger partial charge is 0.354 e. The average Bonchev–Trinajstić information content (AvgIpc) is 2.81. The lowest BCUT2D eigenvalue weighted by Gasteiger charge is -2.23. The van der Waals surface area contributed by atoms with Crippen molar-refractivity contribution in [2.24, 2.45) is 0 Å². The van der Waals surface area contributed by atoms with Gasteiger partial charge in [0.25, 0.3) is 0 Å². The van der Waals surface area contributed by atoms with E-state index in [-0.39, 0.29) is 24.6 Å². The van der Waals surface area contributed by atoms with Crippen LogP contribution in [0.4, 0.5) is 10.6 Å². The van der Waals surface area contributed by atoms with Gasteiger partial charge in [0.05, 0.1) is 5.52 Å². The van der Waals surface area contributed by atoms with Crippen LogP contribution < -0.4 is 10.2 Å². The molecule has 8 nitrogen and oxygen atoms in total. The quantitative estimate of drug-likeness (QED) is 0.828. The summed E-state index contributed by atoms with van der Waals surface area (Å²) in [7, 11) is 0. The third-order valence-electron chi connectivity index (χ3n) is 3.02. The molecule has 0 atom stereocenters. The maximum absolute atomic E-state index is 11.7. The number of carboxylic acid groups (broad SMARTS) is 1. The normalized spacial score (nSPS) is 15.5. The summed E-state index contributed by atoms with van der Waals surface area (Å²) in [5.74, 6) is -1.13. The lowest BCUT2D eigenvalue weighted by molar-refractivity contribution is -0.120. The number of nitrogens with one attached hydrogen (secondary N) is 1. The third kappa shape index (κ3) is 1.87. The second kappa shape index (κ2) is 4.34. The highest BCUT2D eigenvalue weighted by molar-refractivity contribution is 6.05. The number of pyridine rings is 1. The van der Waals surface area contributed by atoms with Gasteiger partial charge in [-0.05, 0) is 12.1 Å². The highest BCUT2D eigenvalue weighted by Crippen LogP contribution is 2.19. The van der Waals surface area contributed by atoms with E-state index in [1.54, 1.807) is 18.2 Å². The van der Waals surface area contributed by atoms with E-state index in [4.69, 9.17) is 5.11 Å². The number of rotatable bonds is 2. The fourth-order valence-corrected chi connectivity index (χ4v) is 2.08. The van der Waals surface area contributed by atoms with Gasteiger partial charge in [-0.3, -0.25) is 15.0 Å². The van der Waals surface area contributed by atoms with E-state index in [1.165, 1.54) is 15.5 Å². The first-order valence-electron chi connectivity index (χ1n) is 5.90. The number of fused-ring (bicyclic) bond motifs is 1. The largest absolute Gasteiger partial charge is 0.477 e. The van der Waals surface area contributed by atoms with Crippen LogP contribution in [-0.2, 0) is 4.79 Å². The summed E-state index contributed by atoms with van der Waals surface area (Å²) in [4.78, 5) is 35.2. The van der Waals surface area contributed by atoms with Crippen molar-refractivity contribution in [1.29, 1.82) is 0 Å². The van der Waals surface area contributed by atoms with E-state index in [9.17, 15) is 14.4 Å². The Hall–Kier alpha value is -2.90. The molecule has 0 aliphatic carbocycles. The Balaban J connectivity index is 2.05. The first kappa shape index (κ1) is 12.2. The number of anilines is 1. The number of hydrogen-bond acceptors (Lipinski definition) is 4. The molecule has 3 heterocycles. The van der Waals surface area contributed by atoms with E-state index in [0.717, 1.165) is 0 Å². The highest BCUT2D eigenvalue weighted by atomic mass is 16.4. The first-order valence-corrected chi connectivity index (χ1v) is 5.90. The van der Waals surface area contributed by atoms with Crippen LogP contribution in [0.3, 0.4) is 0 Å². The van der Waals surface area contributed by atoms with Crippen LogP contribution in [0, 0.1) is 0 Å². The summed E-state index contributed by atoms with van der Waals surface area (Å²) in [6.45, 7) is 0.219. The SMILES string of the molecule is O=C1CCN(c2cc3cccc(C(=O)O)n3n2)C(=O)N1. The van der Waals surface area contributed by atoms with E-state index in [1.807, 2.05) is 0 Å². The van der Waals surface area contributed by atoms with Crippen LogP contribution in [0.25, 0.3) is 5.52 Å². The Morgan fingerprint density at radius 2 is 2.15 bits per heavy atom. The number of carboxylic acids is 1. The summed E-state index contributed by atoms with van der Waals surface area (Å²) in [5.41, 5.74) is 0.562. The number of amides is 3. The minimum atomic E-state index is -1.11. The van der Waals surface area contributed by atoms with Crippen molar-refractivity contribution >= 4 is 29.2 Å². The number of nitrogens with zero attached hydrogens (tertiary/aromatic N) is 3. The van der Waals surface area contributed by atoms with Crippen LogP contribution in [0.1, 0.15) is 16.9 Å². The van der Waals surface area contributed by atoms with Crippen LogP contribution >= 0.6 is 0 Å². The van der Waals surface area contributed by atoms with Crippen molar-refractivity contribution in [3.8, 4) is 0 Å². The molecule has 3 amide bonds. The van der Waals surface area contributed by atoms with E-state index >= 15 is 0 Å². The molecular formula is C12H10N4O4. The maximum Gasteiger partial charge on any atom is 0.354 e. The molecule has 0 unspecified atom stereocenters. The molecule has 0 saturated carbocycles. The Bertz CT molecular complexity index is 736. The molecule has 1 aliphatic heterocycles. The lowest BCUT2D eigenvalue weighted by Crippen LogP contribution is -2.49. The molecule has 3 rings (SSSR count). The van der Waals surface area contributed by atoms with Gasteiger partial charge in [0, 0.05) is 19.0 Å². The molecule has 1 saturated heterocycles. The number of carbonyl (C=O) groups is 3. The lowest BCUT2D eigenvalue weighted by atomic mass is 10.3. The average molecular weight is 274 g/mol. The maximum atomic E-state index is 11.7. The van der Waals surface area contributed by atoms with Crippen LogP contribution in [0.5, 0.6) is 0 Å². The molecule has 0 aromatic carbocycles. The Labute approximate surface area is 112 Å². The number of imide groups is 1. The number of carbonyl (C=O) groups excluding carboxylic acids is 2. The summed E-state index contributed by atoms with van der Waals surface area (Å²) in [5, 5.41) is 15.4. The van der Waals surface area contributed by atoms with Crippen LogP contribution in [0.15, 0.2) is 24.3 Å². The predicted molar refractivity (Wildman–Crippen MR) is 67.7 cm³/mol. The van der Waals surface area contributed by atoms with Crippen molar-refractivity contribution in [3.05, 3.63) is 30.0 Å². The third-order valence-corrected chi connectivity index (χ3v) is 3.02. The van der Waals surface area contributed by atoms with Crippen molar-refractivity contribution < 1.29 is 19.5 Å². The Morgan fingerprint density at radius 1 is 1.35 bits per heavy atom. The fourth-order valence-electron chi connectivity index (χ4n) is 2.08. The van der Waals surface area contributed by atoms with Crippen LogP contribution in [0.2, 0.25) is 0 Å². The van der Waals surface area contributed by atoms with Gasteiger partial charge in [0.2, 0.25) is 5.91 Å². The van der Waals surface area contributed by atoms with Gasteiger partial charge < -0.3 is 5.11 Å². The number of aromatic carboxylic acids is 1. The Morgan fingerprint density at radius 3 is 2.85 bits per heavy atom. The van der Waals surface area contributed by atoms with Gasteiger partial charge in [-0.15, -0.1) is 5.10 Å². The number of urea groups is 1. The standard InChI is InChI=1S/C12H10N4O4/c17-10-4-5-15(12(20)13-10)9-6-7-2-1-3-8(11(18)19)16(7)14-9/h1-3,6H,4-5H2,(H,18,19)(H,13,17,20). The molecule has 1 fully saturated rings. The van der Waals surface area contributed by atoms with Gasteiger partial charge in [0.1, 0.15) is 0 Å². The molecule has 102 valence electrons. The van der Waals surface area contributed by atoms with Crippen molar-refractivity contribution in [3.63, 3.8) is 0 Å². The second-order valence-corrected chi connectivity index (χ2v) is 4.31. The molecule has 1 aliphatic rings. The number of hydrogen-bond donors (Lipinski definition) is 2. The van der Waals surface area contributed by atoms with Gasteiger partial charge >= 0.3 is 12.0 Å². The molecule has 2 aromatic heterocycles. The van der Waals surface area contributed by atoms with Crippen molar-refractivity contribution in [1.82, 2.24) is 14.9 Å². The van der Waals surface area contributed by atoms with E-state index in [2.05, 4.69) is 10.4 Å². The summed E-state index contributed by atoms with van der Waals surface area (Å²) < 4.78 is 1.25. The summed E-state index contributed by atoms with van der Waals surface area (Å²) >= 11 is 0.